The third kappa shape index (κ3) is 1.97. The molecule has 2 aliphatic carbocycles. The van der Waals surface area contributed by atoms with Gasteiger partial charge in [-0.25, -0.2) is 13.6 Å². The van der Waals surface area contributed by atoms with Crippen LogP contribution in [0.2, 0.25) is 0 Å². The molecule has 2 N–H and O–H groups in total. The molecule has 0 amide bonds. The van der Waals surface area contributed by atoms with Crippen LogP contribution in [-0.4, -0.2) is 23.2 Å². The highest BCUT2D eigenvalue weighted by Gasteiger charge is 2.35. The van der Waals surface area contributed by atoms with E-state index in [1.54, 1.807) is 4.57 Å². The molecule has 0 bridgehead atoms. The third-order valence-corrected chi connectivity index (χ3v) is 4.37. The third-order valence-electron chi connectivity index (χ3n) is 3.58. The zero-order valence-electron chi connectivity index (χ0n) is 9.54. The molecule has 0 aromatic carbocycles. The molecule has 2 saturated carbocycles. The Kier molecular flexibility index (Phi) is 2.48. The second kappa shape index (κ2) is 3.78. The molecule has 0 radical (unpaired) electrons. The Bertz CT molecular complexity index is 527. The molecule has 0 saturated heterocycles. The summed E-state index contributed by atoms with van der Waals surface area (Å²) in [6.07, 6.45) is 6.53. The highest BCUT2D eigenvalue weighted by molar-refractivity contribution is 7.89. The average molecular weight is 256 g/mol. The lowest BCUT2D eigenvalue weighted by molar-refractivity contribution is 0.539. The highest BCUT2D eigenvalue weighted by Crippen LogP contribution is 2.41. The van der Waals surface area contributed by atoms with E-state index in [1.807, 2.05) is 0 Å². The van der Waals surface area contributed by atoms with Crippen LogP contribution < -0.4 is 5.14 Å². The average Bonchev–Trinajstić information content (AvgIpc) is 2.81. The standard InChI is InChI=1S/C10H16N4O2S/c11-17(15,16)10-13-12-9(7-3-1-2-4-7)14(10)8-5-6-8/h7-8H,1-6H2,(H2,11,15,16). The fourth-order valence-corrected chi connectivity index (χ4v) is 3.29. The molecule has 6 nitrogen and oxygen atoms in total. The Labute approximate surface area is 100 Å². The summed E-state index contributed by atoms with van der Waals surface area (Å²) in [6.45, 7) is 0. The summed E-state index contributed by atoms with van der Waals surface area (Å²) >= 11 is 0. The molecule has 3 rings (SSSR count). The number of sulfonamides is 1. The maximum atomic E-state index is 11.5. The van der Waals surface area contributed by atoms with Gasteiger partial charge in [-0.05, 0) is 25.7 Å². The summed E-state index contributed by atoms with van der Waals surface area (Å²) < 4.78 is 24.7. The number of nitrogens with zero attached hydrogens (tertiary/aromatic N) is 3. The molecule has 94 valence electrons. The van der Waals surface area contributed by atoms with Gasteiger partial charge in [0.25, 0.3) is 15.2 Å². The quantitative estimate of drug-likeness (QED) is 0.870. The van der Waals surface area contributed by atoms with Gasteiger partial charge in [-0.1, -0.05) is 12.8 Å². The van der Waals surface area contributed by atoms with Crippen LogP contribution in [-0.2, 0) is 10.0 Å². The number of hydrogen-bond acceptors (Lipinski definition) is 4. The van der Waals surface area contributed by atoms with Crippen LogP contribution in [0.4, 0.5) is 0 Å². The number of aromatic nitrogens is 3. The zero-order chi connectivity index (χ0) is 12.0. The molecule has 7 heteroatoms. The Morgan fingerprint density at radius 3 is 2.29 bits per heavy atom. The van der Waals surface area contributed by atoms with E-state index in [4.69, 9.17) is 5.14 Å². The Morgan fingerprint density at radius 1 is 1.12 bits per heavy atom. The lowest BCUT2D eigenvalue weighted by Gasteiger charge is -2.11. The Hall–Kier alpha value is -0.950. The van der Waals surface area contributed by atoms with E-state index in [0.29, 0.717) is 5.92 Å². The van der Waals surface area contributed by atoms with Crippen LogP contribution in [0.1, 0.15) is 56.3 Å². The summed E-state index contributed by atoms with van der Waals surface area (Å²) in [4.78, 5) is 0. The molecule has 2 fully saturated rings. The summed E-state index contributed by atoms with van der Waals surface area (Å²) in [7, 11) is -3.76. The Morgan fingerprint density at radius 2 is 1.76 bits per heavy atom. The van der Waals surface area contributed by atoms with Gasteiger partial charge in [0.1, 0.15) is 5.82 Å². The van der Waals surface area contributed by atoms with E-state index in [0.717, 1.165) is 31.5 Å². The summed E-state index contributed by atoms with van der Waals surface area (Å²) in [5.41, 5.74) is 0. The maximum absolute atomic E-state index is 11.5. The van der Waals surface area contributed by atoms with Crippen LogP contribution in [0.15, 0.2) is 5.16 Å². The second-order valence-electron chi connectivity index (χ2n) is 4.97. The molecule has 2 aliphatic rings. The van der Waals surface area contributed by atoms with Gasteiger partial charge in [-0.3, -0.25) is 4.57 Å². The van der Waals surface area contributed by atoms with Crippen molar-refractivity contribution in [2.45, 2.75) is 55.6 Å². The van der Waals surface area contributed by atoms with Gasteiger partial charge in [0.15, 0.2) is 0 Å². The molecular weight excluding hydrogens is 240 g/mol. The number of rotatable bonds is 3. The van der Waals surface area contributed by atoms with Gasteiger partial charge in [0, 0.05) is 12.0 Å². The maximum Gasteiger partial charge on any atom is 0.273 e. The van der Waals surface area contributed by atoms with E-state index in [-0.39, 0.29) is 11.2 Å². The summed E-state index contributed by atoms with van der Waals surface area (Å²) in [5, 5.41) is 13.0. The molecule has 0 atom stereocenters. The topological polar surface area (TPSA) is 90.9 Å². The van der Waals surface area contributed by atoms with E-state index < -0.39 is 10.0 Å². The van der Waals surface area contributed by atoms with Gasteiger partial charge >= 0.3 is 0 Å². The molecule has 1 aromatic rings. The van der Waals surface area contributed by atoms with E-state index in [2.05, 4.69) is 10.2 Å². The van der Waals surface area contributed by atoms with Crippen molar-refractivity contribution in [2.24, 2.45) is 5.14 Å². The lowest BCUT2D eigenvalue weighted by Crippen LogP contribution is -2.19. The molecule has 1 heterocycles. The normalized spacial score (nSPS) is 22.2. The first kappa shape index (κ1) is 11.2. The van der Waals surface area contributed by atoms with Crippen LogP contribution in [0.3, 0.4) is 0 Å². The smallest absolute Gasteiger partial charge is 0.273 e. The van der Waals surface area contributed by atoms with Crippen molar-refractivity contribution in [3.63, 3.8) is 0 Å². The minimum atomic E-state index is -3.76. The predicted molar refractivity (Wildman–Crippen MR) is 60.9 cm³/mol. The summed E-state index contributed by atoms with van der Waals surface area (Å²) in [5.74, 6) is 1.19. The highest BCUT2D eigenvalue weighted by atomic mass is 32.2. The fourth-order valence-electron chi connectivity index (χ4n) is 2.62. The van der Waals surface area contributed by atoms with Gasteiger partial charge in [0.05, 0.1) is 0 Å². The van der Waals surface area contributed by atoms with Crippen molar-refractivity contribution in [3.05, 3.63) is 5.82 Å². The predicted octanol–water partition coefficient (Wildman–Crippen LogP) is 0.918. The second-order valence-corrected chi connectivity index (χ2v) is 6.42. The van der Waals surface area contributed by atoms with Gasteiger partial charge < -0.3 is 0 Å². The Balaban J connectivity index is 2.06. The zero-order valence-corrected chi connectivity index (χ0v) is 10.4. The van der Waals surface area contributed by atoms with E-state index in [1.165, 1.54) is 12.8 Å². The van der Waals surface area contributed by atoms with Gasteiger partial charge in [0.2, 0.25) is 0 Å². The summed E-state index contributed by atoms with van der Waals surface area (Å²) in [6, 6.07) is 0.244. The largest absolute Gasteiger partial charge is 0.297 e. The van der Waals surface area contributed by atoms with Crippen molar-refractivity contribution < 1.29 is 8.42 Å². The molecule has 0 spiro atoms. The first-order chi connectivity index (χ1) is 8.07. The molecule has 0 unspecified atom stereocenters. The van der Waals surface area contributed by atoms with Crippen molar-refractivity contribution in [2.75, 3.05) is 0 Å². The fraction of sp³-hybridized carbons (Fsp3) is 0.800. The van der Waals surface area contributed by atoms with Crippen LogP contribution in [0.25, 0.3) is 0 Å². The molecule has 0 aliphatic heterocycles. The number of hydrogen-bond donors (Lipinski definition) is 1. The molecule has 17 heavy (non-hydrogen) atoms. The van der Waals surface area contributed by atoms with Crippen LogP contribution >= 0.6 is 0 Å². The number of primary sulfonamides is 1. The number of nitrogens with two attached hydrogens (primary N) is 1. The minimum Gasteiger partial charge on any atom is -0.297 e. The van der Waals surface area contributed by atoms with Crippen molar-refractivity contribution in [3.8, 4) is 0 Å². The van der Waals surface area contributed by atoms with Crippen LogP contribution in [0, 0.1) is 0 Å². The first-order valence-corrected chi connectivity index (χ1v) is 7.59. The first-order valence-electron chi connectivity index (χ1n) is 6.05. The van der Waals surface area contributed by atoms with Crippen molar-refractivity contribution in [1.29, 1.82) is 0 Å². The van der Waals surface area contributed by atoms with Crippen molar-refractivity contribution in [1.82, 2.24) is 14.8 Å². The molecule has 1 aromatic heterocycles. The van der Waals surface area contributed by atoms with Gasteiger partial charge in [-0.15, -0.1) is 10.2 Å². The lowest BCUT2D eigenvalue weighted by atomic mass is 10.1. The minimum absolute atomic E-state index is 0.0538. The van der Waals surface area contributed by atoms with Crippen LogP contribution in [0.5, 0.6) is 0 Å². The van der Waals surface area contributed by atoms with E-state index in [9.17, 15) is 8.42 Å². The monoisotopic (exact) mass is 256 g/mol. The van der Waals surface area contributed by atoms with Gasteiger partial charge in [-0.2, -0.15) is 0 Å². The van der Waals surface area contributed by atoms with E-state index >= 15 is 0 Å². The van der Waals surface area contributed by atoms with Crippen molar-refractivity contribution >= 4 is 10.0 Å². The molecular formula is C10H16N4O2S. The SMILES string of the molecule is NS(=O)(=O)c1nnc(C2CCCC2)n1C1CC1.